The van der Waals surface area contributed by atoms with E-state index in [4.69, 9.17) is 0 Å². The van der Waals surface area contributed by atoms with Crippen LogP contribution in [-0.2, 0) is 4.79 Å². The highest BCUT2D eigenvalue weighted by Gasteiger charge is 2.23. The minimum absolute atomic E-state index is 0.119. The van der Waals surface area contributed by atoms with Gasteiger partial charge in [0.05, 0.1) is 6.34 Å². The number of aliphatic imine (C=N–C) groups is 1. The van der Waals surface area contributed by atoms with Crippen LogP contribution in [0.4, 0.5) is 0 Å². The highest BCUT2D eigenvalue weighted by molar-refractivity contribution is 5.99. The monoisotopic (exact) mass is 148 g/mol. The number of fused-ring (bicyclic) bond motifs is 1. The third kappa shape index (κ3) is 0.981. The summed E-state index contributed by atoms with van der Waals surface area (Å²) in [5, 5.41) is 2.91. The van der Waals surface area contributed by atoms with Gasteiger partial charge >= 0.3 is 0 Å². The molecule has 1 unspecified atom stereocenters. The lowest BCUT2D eigenvalue weighted by atomic mass is 9.95. The van der Waals surface area contributed by atoms with Crippen LogP contribution < -0.4 is 5.32 Å². The molecule has 1 atom stereocenters. The molecule has 3 heteroatoms. The average Bonchev–Trinajstić information content (AvgIpc) is 2.06. The molecule has 1 aliphatic carbocycles. The van der Waals surface area contributed by atoms with E-state index in [1.54, 1.807) is 18.6 Å². The summed E-state index contributed by atoms with van der Waals surface area (Å²) in [5.74, 6) is 0.119. The maximum Gasteiger partial charge on any atom is 0.181 e. The quantitative estimate of drug-likeness (QED) is 0.540. The van der Waals surface area contributed by atoms with Gasteiger partial charge in [-0.1, -0.05) is 6.08 Å². The third-order valence-electron chi connectivity index (χ3n) is 1.85. The fourth-order valence-corrected chi connectivity index (χ4v) is 1.27. The van der Waals surface area contributed by atoms with Crippen LogP contribution in [0.25, 0.3) is 0 Å². The van der Waals surface area contributed by atoms with E-state index in [9.17, 15) is 4.79 Å². The summed E-state index contributed by atoms with van der Waals surface area (Å²) in [5.41, 5.74) is 1.06. The van der Waals surface area contributed by atoms with Crippen molar-refractivity contribution in [1.29, 1.82) is 0 Å². The van der Waals surface area contributed by atoms with Gasteiger partial charge in [0, 0.05) is 6.20 Å². The molecule has 0 spiro atoms. The Hall–Kier alpha value is -1.38. The molecule has 0 radical (unpaired) electrons. The van der Waals surface area contributed by atoms with Crippen LogP contribution in [0, 0.1) is 0 Å². The Morgan fingerprint density at radius 2 is 2.55 bits per heavy atom. The molecule has 2 rings (SSSR count). The van der Waals surface area contributed by atoms with E-state index in [1.807, 2.05) is 6.08 Å². The molecule has 2 aliphatic rings. The predicted molar refractivity (Wildman–Crippen MR) is 42.3 cm³/mol. The van der Waals surface area contributed by atoms with Gasteiger partial charge in [0.15, 0.2) is 5.78 Å². The van der Waals surface area contributed by atoms with E-state index in [0.717, 1.165) is 12.0 Å². The normalized spacial score (nSPS) is 27.5. The maximum absolute atomic E-state index is 11.2. The molecule has 0 aromatic carbocycles. The third-order valence-corrected chi connectivity index (χ3v) is 1.85. The van der Waals surface area contributed by atoms with Crippen LogP contribution in [0.15, 0.2) is 28.9 Å². The Morgan fingerprint density at radius 3 is 3.36 bits per heavy atom. The molecule has 0 bridgehead atoms. The molecule has 56 valence electrons. The largest absolute Gasteiger partial charge is 0.362 e. The average molecular weight is 148 g/mol. The van der Waals surface area contributed by atoms with Crippen molar-refractivity contribution in [2.45, 2.75) is 12.5 Å². The summed E-state index contributed by atoms with van der Waals surface area (Å²) >= 11 is 0. The molecule has 11 heavy (non-hydrogen) atoms. The lowest BCUT2D eigenvalue weighted by Gasteiger charge is -2.21. The Kier molecular flexibility index (Phi) is 1.35. The van der Waals surface area contributed by atoms with Crippen molar-refractivity contribution in [2.75, 3.05) is 0 Å². The first-order valence-electron chi connectivity index (χ1n) is 3.55. The zero-order valence-electron chi connectivity index (χ0n) is 5.95. The van der Waals surface area contributed by atoms with E-state index in [1.165, 1.54) is 0 Å². The summed E-state index contributed by atoms with van der Waals surface area (Å²) in [6.07, 6.45) is 7.63. The van der Waals surface area contributed by atoms with Crippen LogP contribution in [0.5, 0.6) is 0 Å². The van der Waals surface area contributed by atoms with Gasteiger partial charge in [-0.05, 0) is 18.1 Å². The topological polar surface area (TPSA) is 41.5 Å². The van der Waals surface area contributed by atoms with Crippen LogP contribution in [0.1, 0.15) is 6.42 Å². The van der Waals surface area contributed by atoms with Gasteiger partial charge < -0.3 is 5.32 Å². The first kappa shape index (κ1) is 6.34. The SMILES string of the molecule is O=C1C=CCC2=CN=CNC12. The number of nitrogens with zero attached hydrogens (tertiary/aromatic N) is 1. The number of rotatable bonds is 0. The number of hydrogen-bond donors (Lipinski definition) is 1. The second kappa shape index (κ2) is 2.34. The molecule has 0 fully saturated rings. The fourth-order valence-electron chi connectivity index (χ4n) is 1.27. The van der Waals surface area contributed by atoms with Crippen LogP contribution in [-0.4, -0.2) is 18.2 Å². The van der Waals surface area contributed by atoms with Crippen molar-refractivity contribution in [1.82, 2.24) is 5.32 Å². The zero-order valence-corrected chi connectivity index (χ0v) is 5.95. The van der Waals surface area contributed by atoms with Gasteiger partial charge in [-0.3, -0.25) is 4.79 Å². The molecule has 0 saturated heterocycles. The van der Waals surface area contributed by atoms with E-state index in [2.05, 4.69) is 10.3 Å². The van der Waals surface area contributed by atoms with Gasteiger partial charge in [-0.2, -0.15) is 0 Å². The molecule has 0 amide bonds. The van der Waals surface area contributed by atoms with Crippen molar-refractivity contribution >= 4 is 12.1 Å². The summed E-state index contributed by atoms with van der Waals surface area (Å²) in [7, 11) is 0. The standard InChI is InChI=1S/C8H8N2O/c11-7-3-1-2-6-4-9-5-10-8(6)7/h1,3-5,8H,2H2,(H,9,10). The van der Waals surface area contributed by atoms with Crippen molar-refractivity contribution < 1.29 is 4.79 Å². The Balaban J connectivity index is 2.34. The Morgan fingerprint density at radius 1 is 1.64 bits per heavy atom. The maximum atomic E-state index is 11.2. The minimum Gasteiger partial charge on any atom is -0.362 e. The van der Waals surface area contributed by atoms with Crippen LogP contribution >= 0.6 is 0 Å². The van der Waals surface area contributed by atoms with Gasteiger partial charge in [0.25, 0.3) is 0 Å². The number of nitrogens with one attached hydrogen (secondary N) is 1. The summed E-state index contributed by atoms with van der Waals surface area (Å²) in [4.78, 5) is 15.1. The van der Waals surface area contributed by atoms with Crippen LogP contribution in [0.2, 0.25) is 0 Å². The lowest BCUT2D eigenvalue weighted by molar-refractivity contribution is -0.115. The van der Waals surface area contributed by atoms with Crippen molar-refractivity contribution in [3.8, 4) is 0 Å². The summed E-state index contributed by atoms with van der Waals surface area (Å²) in [6, 6.07) is -0.141. The predicted octanol–water partition coefficient (Wildman–Crippen LogP) is 0.399. The zero-order chi connectivity index (χ0) is 7.68. The molecule has 0 saturated carbocycles. The molecule has 1 heterocycles. The Labute approximate surface area is 64.5 Å². The van der Waals surface area contributed by atoms with E-state index >= 15 is 0 Å². The number of allylic oxidation sites excluding steroid dienone is 1. The summed E-state index contributed by atoms with van der Waals surface area (Å²) < 4.78 is 0. The van der Waals surface area contributed by atoms with Gasteiger partial charge in [0.1, 0.15) is 6.04 Å². The summed E-state index contributed by atoms with van der Waals surface area (Å²) in [6.45, 7) is 0. The molecule has 1 N–H and O–H groups in total. The highest BCUT2D eigenvalue weighted by Crippen LogP contribution is 2.16. The van der Waals surface area contributed by atoms with Crippen molar-refractivity contribution in [3.05, 3.63) is 23.9 Å². The molecule has 1 aliphatic heterocycles. The number of ketones is 1. The first-order chi connectivity index (χ1) is 5.38. The van der Waals surface area contributed by atoms with Crippen molar-refractivity contribution in [2.24, 2.45) is 4.99 Å². The number of hydrogen-bond acceptors (Lipinski definition) is 3. The second-order valence-corrected chi connectivity index (χ2v) is 2.59. The molecule has 0 aromatic rings. The van der Waals surface area contributed by atoms with Crippen LogP contribution in [0.3, 0.4) is 0 Å². The number of carbonyl (C=O) groups excluding carboxylic acids is 1. The first-order valence-corrected chi connectivity index (χ1v) is 3.55. The number of carbonyl (C=O) groups is 1. The molecular formula is C8H8N2O. The second-order valence-electron chi connectivity index (χ2n) is 2.59. The Bertz CT molecular complexity index is 276. The smallest absolute Gasteiger partial charge is 0.181 e. The molecule has 3 nitrogen and oxygen atoms in total. The van der Waals surface area contributed by atoms with Gasteiger partial charge in [-0.25, -0.2) is 4.99 Å². The van der Waals surface area contributed by atoms with E-state index < -0.39 is 0 Å². The molecule has 0 aromatic heterocycles. The van der Waals surface area contributed by atoms with E-state index in [0.29, 0.717) is 0 Å². The molecular weight excluding hydrogens is 140 g/mol. The van der Waals surface area contributed by atoms with Gasteiger partial charge in [0.2, 0.25) is 0 Å². The van der Waals surface area contributed by atoms with E-state index in [-0.39, 0.29) is 11.8 Å². The minimum atomic E-state index is -0.141. The van der Waals surface area contributed by atoms with Crippen molar-refractivity contribution in [3.63, 3.8) is 0 Å². The lowest BCUT2D eigenvalue weighted by Crippen LogP contribution is -2.39. The highest BCUT2D eigenvalue weighted by atomic mass is 16.1. The van der Waals surface area contributed by atoms with Gasteiger partial charge in [-0.15, -0.1) is 0 Å². The fraction of sp³-hybridized carbons (Fsp3) is 0.250.